The summed E-state index contributed by atoms with van der Waals surface area (Å²) in [5.41, 5.74) is -0.793. The summed E-state index contributed by atoms with van der Waals surface area (Å²) in [6.45, 7) is 5.52. The van der Waals surface area contributed by atoms with E-state index in [2.05, 4.69) is 10.2 Å². The number of amides is 3. The number of hydrogen-bond donors (Lipinski definition) is 2. The SMILES string of the molecule is CC1(C)NC(=O)N(CCN2CCCC2CO)C1=O. The normalized spacial score (nSPS) is 27.9. The van der Waals surface area contributed by atoms with Gasteiger partial charge in [0.15, 0.2) is 0 Å². The van der Waals surface area contributed by atoms with Gasteiger partial charge < -0.3 is 10.4 Å². The zero-order valence-electron chi connectivity index (χ0n) is 11.0. The number of hydrogen-bond acceptors (Lipinski definition) is 4. The van der Waals surface area contributed by atoms with E-state index in [0.717, 1.165) is 19.4 Å². The highest BCUT2D eigenvalue weighted by atomic mass is 16.3. The predicted molar refractivity (Wildman–Crippen MR) is 66.0 cm³/mol. The fourth-order valence-corrected chi connectivity index (χ4v) is 2.65. The van der Waals surface area contributed by atoms with E-state index in [1.807, 2.05) is 0 Å². The molecule has 6 heteroatoms. The molecule has 2 aliphatic rings. The Labute approximate surface area is 107 Å². The molecule has 0 aromatic carbocycles. The first-order valence-corrected chi connectivity index (χ1v) is 6.45. The van der Waals surface area contributed by atoms with Crippen molar-refractivity contribution in [1.29, 1.82) is 0 Å². The third-order valence-corrected chi connectivity index (χ3v) is 3.77. The van der Waals surface area contributed by atoms with Crippen molar-refractivity contribution >= 4 is 11.9 Å². The van der Waals surface area contributed by atoms with Gasteiger partial charge in [0.25, 0.3) is 5.91 Å². The summed E-state index contributed by atoms with van der Waals surface area (Å²) in [5, 5.41) is 11.9. The number of urea groups is 1. The average Bonchev–Trinajstić information content (AvgIpc) is 2.82. The van der Waals surface area contributed by atoms with E-state index >= 15 is 0 Å². The zero-order valence-corrected chi connectivity index (χ0v) is 11.0. The van der Waals surface area contributed by atoms with Crippen LogP contribution in [0.15, 0.2) is 0 Å². The summed E-state index contributed by atoms with van der Waals surface area (Å²) in [4.78, 5) is 27.1. The summed E-state index contributed by atoms with van der Waals surface area (Å²) in [6.07, 6.45) is 2.05. The van der Waals surface area contributed by atoms with Gasteiger partial charge in [-0.2, -0.15) is 0 Å². The third-order valence-electron chi connectivity index (χ3n) is 3.77. The minimum Gasteiger partial charge on any atom is -0.395 e. The molecule has 2 heterocycles. The van der Waals surface area contributed by atoms with Crippen LogP contribution in [0.1, 0.15) is 26.7 Å². The van der Waals surface area contributed by atoms with E-state index < -0.39 is 5.54 Å². The zero-order chi connectivity index (χ0) is 13.3. The number of carbonyl (C=O) groups is 2. The average molecular weight is 255 g/mol. The fraction of sp³-hybridized carbons (Fsp3) is 0.833. The lowest BCUT2D eigenvalue weighted by Gasteiger charge is -2.24. The number of nitrogens with one attached hydrogen (secondary N) is 1. The minimum atomic E-state index is -0.793. The molecule has 0 bridgehead atoms. The maximum atomic E-state index is 12.0. The molecule has 2 fully saturated rings. The van der Waals surface area contributed by atoms with Crippen LogP contribution in [0, 0.1) is 0 Å². The quantitative estimate of drug-likeness (QED) is 0.681. The molecule has 0 saturated carbocycles. The molecular formula is C12H21N3O3. The Bertz CT molecular complexity index is 356. The Balaban J connectivity index is 1.91. The van der Waals surface area contributed by atoms with Crippen molar-refractivity contribution in [2.45, 2.75) is 38.3 Å². The van der Waals surface area contributed by atoms with Gasteiger partial charge in [-0.3, -0.25) is 14.6 Å². The van der Waals surface area contributed by atoms with Crippen molar-refractivity contribution < 1.29 is 14.7 Å². The van der Waals surface area contributed by atoms with Crippen molar-refractivity contribution in [3.63, 3.8) is 0 Å². The molecule has 18 heavy (non-hydrogen) atoms. The topological polar surface area (TPSA) is 72.9 Å². The second kappa shape index (κ2) is 4.85. The molecule has 3 amide bonds. The van der Waals surface area contributed by atoms with Gasteiger partial charge in [-0.15, -0.1) is 0 Å². The number of likely N-dealkylation sites (tertiary alicyclic amines) is 1. The molecule has 102 valence electrons. The maximum Gasteiger partial charge on any atom is 0.325 e. The Morgan fingerprint density at radius 3 is 2.67 bits per heavy atom. The molecule has 0 spiro atoms. The number of aliphatic hydroxyl groups excluding tert-OH is 1. The van der Waals surface area contributed by atoms with E-state index in [-0.39, 0.29) is 24.6 Å². The van der Waals surface area contributed by atoms with Crippen molar-refractivity contribution in [3.8, 4) is 0 Å². The molecule has 0 aromatic heterocycles. The maximum absolute atomic E-state index is 12.0. The van der Waals surface area contributed by atoms with Crippen LogP contribution < -0.4 is 5.32 Å². The molecule has 0 aromatic rings. The highest BCUT2D eigenvalue weighted by Gasteiger charge is 2.44. The van der Waals surface area contributed by atoms with Crippen molar-refractivity contribution in [1.82, 2.24) is 15.1 Å². The summed E-state index contributed by atoms with van der Waals surface area (Å²) in [5.74, 6) is -0.174. The first-order valence-electron chi connectivity index (χ1n) is 6.45. The first kappa shape index (κ1) is 13.3. The lowest BCUT2D eigenvalue weighted by Crippen LogP contribution is -2.43. The third kappa shape index (κ3) is 2.35. The van der Waals surface area contributed by atoms with Crippen molar-refractivity contribution in [3.05, 3.63) is 0 Å². The Morgan fingerprint density at radius 1 is 1.39 bits per heavy atom. The summed E-state index contributed by atoms with van der Waals surface area (Å²) >= 11 is 0. The number of nitrogens with zero attached hydrogens (tertiary/aromatic N) is 2. The predicted octanol–water partition coefficient (Wildman–Crippen LogP) is -0.226. The smallest absolute Gasteiger partial charge is 0.325 e. The molecule has 6 nitrogen and oxygen atoms in total. The molecule has 1 unspecified atom stereocenters. The molecule has 0 aliphatic carbocycles. The van der Waals surface area contributed by atoms with E-state index in [9.17, 15) is 14.7 Å². The van der Waals surface area contributed by atoms with Crippen LogP contribution in [-0.4, -0.2) is 64.7 Å². The van der Waals surface area contributed by atoms with Crippen molar-refractivity contribution in [2.24, 2.45) is 0 Å². The van der Waals surface area contributed by atoms with E-state index in [4.69, 9.17) is 0 Å². The van der Waals surface area contributed by atoms with E-state index in [0.29, 0.717) is 13.1 Å². The van der Waals surface area contributed by atoms with Gasteiger partial charge in [0.05, 0.1) is 6.61 Å². The standard InChI is InChI=1S/C12H21N3O3/c1-12(2)10(17)15(11(18)13-12)7-6-14-5-3-4-9(14)8-16/h9,16H,3-8H2,1-2H3,(H,13,18). The lowest BCUT2D eigenvalue weighted by atomic mass is 10.1. The van der Waals surface area contributed by atoms with Crippen LogP contribution in [0.25, 0.3) is 0 Å². The van der Waals surface area contributed by atoms with Crippen LogP contribution in [0.4, 0.5) is 4.79 Å². The molecule has 2 rings (SSSR count). The minimum absolute atomic E-state index is 0.144. The summed E-state index contributed by atoms with van der Waals surface area (Å²) in [6, 6.07) is -0.136. The highest BCUT2D eigenvalue weighted by Crippen LogP contribution is 2.19. The van der Waals surface area contributed by atoms with Gasteiger partial charge in [0.1, 0.15) is 5.54 Å². The van der Waals surface area contributed by atoms with Gasteiger partial charge in [0.2, 0.25) is 0 Å². The van der Waals surface area contributed by atoms with Crippen LogP contribution >= 0.6 is 0 Å². The first-order chi connectivity index (χ1) is 8.45. The largest absolute Gasteiger partial charge is 0.395 e. The van der Waals surface area contributed by atoms with Crippen LogP contribution in [0.3, 0.4) is 0 Å². The van der Waals surface area contributed by atoms with Crippen LogP contribution in [0.5, 0.6) is 0 Å². The Hall–Kier alpha value is -1.14. The number of rotatable bonds is 4. The van der Waals surface area contributed by atoms with Gasteiger partial charge in [-0.25, -0.2) is 4.79 Å². The van der Waals surface area contributed by atoms with Gasteiger partial charge in [0, 0.05) is 19.1 Å². The Kier molecular flexibility index (Phi) is 3.59. The van der Waals surface area contributed by atoms with Gasteiger partial charge in [-0.1, -0.05) is 0 Å². The summed E-state index contributed by atoms with van der Waals surface area (Å²) in [7, 11) is 0. The lowest BCUT2D eigenvalue weighted by molar-refractivity contribution is -0.130. The molecular weight excluding hydrogens is 234 g/mol. The van der Waals surface area contributed by atoms with E-state index in [1.165, 1.54) is 4.90 Å². The fourth-order valence-electron chi connectivity index (χ4n) is 2.65. The molecule has 2 N–H and O–H groups in total. The van der Waals surface area contributed by atoms with Crippen LogP contribution in [-0.2, 0) is 4.79 Å². The second-order valence-electron chi connectivity index (χ2n) is 5.53. The number of imide groups is 1. The van der Waals surface area contributed by atoms with Gasteiger partial charge in [-0.05, 0) is 33.2 Å². The van der Waals surface area contributed by atoms with Gasteiger partial charge >= 0.3 is 6.03 Å². The van der Waals surface area contributed by atoms with Crippen LogP contribution in [0.2, 0.25) is 0 Å². The Morgan fingerprint density at radius 2 is 2.11 bits per heavy atom. The molecule has 2 aliphatic heterocycles. The molecule has 1 atom stereocenters. The van der Waals surface area contributed by atoms with Crippen molar-refractivity contribution in [2.75, 3.05) is 26.2 Å². The van der Waals surface area contributed by atoms with E-state index in [1.54, 1.807) is 13.8 Å². The molecule has 2 saturated heterocycles. The second-order valence-corrected chi connectivity index (χ2v) is 5.53. The number of aliphatic hydroxyl groups is 1. The highest BCUT2D eigenvalue weighted by molar-refractivity contribution is 6.06. The monoisotopic (exact) mass is 255 g/mol. The summed E-state index contributed by atoms with van der Waals surface area (Å²) < 4.78 is 0. The number of carbonyl (C=O) groups excluding carboxylic acids is 2. The molecule has 0 radical (unpaired) electrons.